The molecule has 0 atom stereocenters. The quantitative estimate of drug-likeness (QED) is 0.792. The molecule has 4 nitrogen and oxygen atoms in total. The van der Waals surface area contributed by atoms with Crippen molar-refractivity contribution in [1.29, 1.82) is 0 Å². The van der Waals surface area contributed by atoms with Crippen LogP contribution in [0.1, 0.15) is 25.7 Å². The van der Waals surface area contributed by atoms with Gasteiger partial charge in [-0.2, -0.15) is 0 Å². The van der Waals surface area contributed by atoms with Crippen LogP contribution in [0.25, 0.3) is 11.1 Å². The van der Waals surface area contributed by atoms with Gasteiger partial charge in [0, 0.05) is 24.8 Å². The predicted octanol–water partition coefficient (Wildman–Crippen LogP) is 2.43. The lowest BCUT2D eigenvalue weighted by atomic mass is 9.77. The van der Waals surface area contributed by atoms with Crippen molar-refractivity contribution in [2.75, 3.05) is 0 Å². The van der Waals surface area contributed by atoms with Crippen LogP contribution >= 0.6 is 0 Å². The third-order valence-corrected chi connectivity index (χ3v) is 4.14. The Morgan fingerprint density at radius 3 is 1.25 bits per heavy atom. The first-order valence-electron chi connectivity index (χ1n) is 7.71. The van der Waals surface area contributed by atoms with Crippen molar-refractivity contribution < 1.29 is 10.2 Å². The van der Waals surface area contributed by atoms with Crippen LogP contribution in [0.2, 0.25) is 0 Å². The van der Waals surface area contributed by atoms with Crippen molar-refractivity contribution in [3.8, 4) is 35.8 Å². The number of rotatable bonds is 1. The van der Waals surface area contributed by atoms with Gasteiger partial charge < -0.3 is 10.2 Å². The maximum atomic E-state index is 9.59. The first kappa shape index (κ1) is 17.7. The summed E-state index contributed by atoms with van der Waals surface area (Å²) in [6, 6.07) is 7.93. The lowest BCUT2D eigenvalue weighted by Crippen LogP contribution is -2.41. The maximum absolute atomic E-state index is 9.59. The van der Waals surface area contributed by atoms with Gasteiger partial charge in [0.15, 0.2) is 0 Å². The number of aromatic nitrogens is 2. The van der Waals surface area contributed by atoms with Gasteiger partial charge in [-0.05, 0) is 61.1 Å². The number of hydrogen-bond donors (Lipinski definition) is 2. The molecule has 1 aliphatic carbocycles. The van der Waals surface area contributed by atoms with Gasteiger partial charge in [0.2, 0.25) is 0 Å². The highest BCUT2D eigenvalue weighted by Gasteiger charge is 2.38. The molecule has 0 saturated heterocycles. The normalized spacial score (nSPS) is 25.5. The molecule has 1 aliphatic rings. The summed E-state index contributed by atoms with van der Waals surface area (Å²) in [6.45, 7) is 0. The van der Waals surface area contributed by atoms with Crippen LogP contribution in [0.15, 0.2) is 49.1 Å². The standard InChI is InChI=1S/C10H8N2.C10H12O2/c1-5-11-6-2-9(1)10-3-7-12-8-4-10;1-3-9(11)5-7-10(12,4-2)8-6-9/h1-8H;1-2,11-12H,5-8H2. The predicted molar refractivity (Wildman–Crippen MR) is 93.5 cm³/mol. The van der Waals surface area contributed by atoms with Gasteiger partial charge in [-0.1, -0.05) is 11.8 Å². The Bertz CT molecular complexity index is 656. The van der Waals surface area contributed by atoms with E-state index in [2.05, 4.69) is 21.8 Å². The Hall–Kier alpha value is -2.66. The summed E-state index contributed by atoms with van der Waals surface area (Å²) in [5.74, 6) is 4.64. The molecule has 0 unspecified atom stereocenters. The average molecular weight is 320 g/mol. The Morgan fingerprint density at radius 1 is 0.708 bits per heavy atom. The van der Waals surface area contributed by atoms with E-state index in [1.54, 1.807) is 24.8 Å². The highest BCUT2D eigenvalue weighted by molar-refractivity contribution is 5.61. The highest BCUT2D eigenvalue weighted by Crippen LogP contribution is 2.33. The molecule has 0 aliphatic heterocycles. The minimum Gasteiger partial charge on any atom is -0.378 e. The fourth-order valence-corrected chi connectivity index (χ4v) is 2.45. The van der Waals surface area contributed by atoms with Gasteiger partial charge >= 0.3 is 0 Å². The summed E-state index contributed by atoms with van der Waals surface area (Å²) in [5, 5.41) is 19.2. The third kappa shape index (κ3) is 4.67. The third-order valence-electron chi connectivity index (χ3n) is 4.14. The summed E-state index contributed by atoms with van der Waals surface area (Å²) in [6.07, 6.45) is 18.9. The smallest absolute Gasteiger partial charge is 0.125 e. The summed E-state index contributed by atoms with van der Waals surface area (Å²) in [7, 11) is 0. The molecule has 1 fully saturated rings. The number of hydrogen-bond acceptors (Lipinski definition) is 4. The second kappa shape index (κ2) is 7.75. The van der Waals surface area contributed by atoms with Crippen LogP contribution in [-0.4, -0.2) is 31.4 Å². The molecule has 2 N–H and O–H groups in total. The molecule has 122 valence electrons. The Kier molecular flexibility index (Phi) is 5.71. The van der Waals surface area contributed by atoms with E-state index in [1.807, 2.05) is 24.3 Å². The summed E-state index contributed by atoms with van der Waals surface area (Å²) in [5.41, 5.74) is 0.242. The molecule has 4 heteroatoms. The molecule has 24 heavy (non-hydrogen) atoms. The average Bonchev–Trinajstić information content (AvgIpc) is 2.66. The molecule has 2 aromatic heterocycles. The first-order valence-corrected chi connectivity index (χ1v) is 7.71. The summed E-state index contributed by atoms with van der Waals surface area (Å²) < 4.78 is 0. The van der Waals surface area contributed by atoms with Crippen LogP contribution in [0.3, 0.4) is 0 Å². The molecule has 0 spiro atoms. The van der Waals surface area contributed by atoms with Gasteiger partial charge in [0.1, 0.15) is 11.2 Å². The molecule has 0 amide bonds. The van der Waals surface area contributed by atoms with E-state index in [1.165, 1.54) is 11.1 Å². The SMILES string of the molecule is C#CC1(O)CCC(O)(C#C)CC1.c1cc(-c2ccncc2)ccn1. The van der Waals surface area contributed by atoms with Crippen LogP contribution in [-0.2, 0) is 0 Å². The minimum atomic E-state index is -1.05. The summed E-state index contributed by atoms with van der Waals surface area (Å²) >= 11 is 0. The van der Waals surface area contributed by atoms with Crippen molar-refractivity contribution in [3.05, 3.63) is 49.1 Å². The molecule has 1 saturated carbocycles. The monoisotopic (exact) mass is 320 g/mol. The summed E-state index contributed by atoms with van der Waals surface area (Å²) in [4.78, 5) is 7.91. The molecule has 0 bridgehead atoms. The molecular weight excluding hydrogens is 300 g/mol. The second-order valence-electron chi connectivity index (χ2n) is 5.82. The van der Waals surface area contributed by atoms with Gasteiger partial charge in [-0.15, -0.1) is 12.8 Å². The Balaban J connectivity index is 0.000000174. The van der Waals surface area contributed by atoms with Crippen molar-refractivity contribution in [3.63, 3.8) is 0 Å². The lowest BCUT2D eigenvalue weighted by Gasteiger charge is -2.35. The largest absolute Gasteiger partial charge is 0.378 e. The van der Waals surface area contributed by atoms with Crippen molar-refractivity contribution in [2.24, 2.45) is 0 Å². The van der Waals surface area contributed by atoms with E-state index in [9.17, 15) is 10.2 Å². The van der Waals surface area contributed by atoms with Gasteiger partial charge in [0.25, 0.3) is 0 Å². The second-order valence-corrected chi connectivity index (χ2v) is 5.82. The molecule has 2 aromatic rings. The molecular formula is C20H20N2O2. The van der Waals surface area contributed by atoms with E-state index >= 15 is 0 Å². The lowest BCUT2D eigenvalue weighted by molar-refractivity contribution is -0.0218. The Morgan fingerprint density at radius 2 is 1.00 bits per heavy atom. The van der Waals surface area contributed by atoms with E-state index in [0.29, 0.717) is 25.7 Å². The van der Waals surface area contributed by atoms with Crippen molar-refractivity contribution in [1.82, 2.24) is 9.97 Å². The Labute approximate surface area is 142 Å². The van der Waals surface area contributed by atoms with E-state index in [4.69, 9.17) is 12.8 Å². The van der Waals surface area contributed by atoms with E-state index in [-0.39, 0.29) is 0 Å². The van der Waals surface area contributed by atoms with Crippen LogP contribution in [0, 0.1) is 24.7 Å². The molecule has 2 heterocycles. The number of terminal acetylenes is 2. The van der Waals surface area contributed by atoms with Crippen molar-refractivity contribution in [2.45, 2.75) is 36.9 Å². The van der Waals surface area contributed by atoms with Crippen molar-refractivity contribution >= 4 is 0 Å². The topological polar surface area (TPSA) is 66.2 Å². The number of aliphatic hydroxyl groups is 2. The zero-order chi connectivity index (χ0) is 17.5. The van der Waals surface area contributed by atoms with E-state index < -0.39 is 11.2 Å². The minimum absolute atomic E-state index is 0.379. The molecule has 0 aromatic carbocycles. The van der Waals surface area contributed by atoms with Gasteiger partial charge in [-0.25, -0.2) is 0 Å². The number of pyridine rings is 2. The van der Waals surface area contributed by atoms with Gasteiger partial charge in [-0.3, -0.25) is 9.97 Å². The van der Waals surface area contributed by atoms with Crippen LogP contribution in [0.4, 0.5) is 0 Å². The fourth-order valence-electron chi connectivity index (χ4n) is 2.45. The molecule has 3 rings (SSSR count). The van der Waals surface area contributed by atoms with E-state index in [0.717, 1.165) is 0 Å². The highest BCUT2D eigenvalue weighted by atomic mass is 16.3. The zero-order valence-electron chi connectivity index (χ0n) is 13.4. The maximum Gasteiger partial charge on any atom is 0.125 e. The van der Waals surface area contributed by atoms with Gasteiger partial charge in [0.05, 0.1) is 0 Å². The molecule has 0 radical (unpaired) electrons. The zero-order valence-corrected chi connectivity index (χ0v) is 13.4. The first-order chi connectivity index (χ1) is 11.5. The van der Waals surface area contributed by atoms with Crippen LogP contribution in [0.5, 0.6) is 0 Å². The van der Waals surface area contributed by atoms with Crippen LogP contribution < -0.4 is 0 Å². The fraction of sp³-hybridized carbons (Fsp3) is 0.300. The number of nitrogens with zero attached hydrogens (tertiary/aromatic N) is 2.